The van der Waals surface area contributed by atoms with Gasteiger partial charge in [0.2, 0.25) is 0 Å². The molecule has 1 aliphatic heterocycles. The number of hydrogen-bond acceptors (Lipinski definition) is 2. The first-order valence-corrected chi connectivity index (χ1v) is 8.53. The SMILES string of the molecule is CCCCCCCC1N(CC)C=CN1CCCCC. The second-order valence-corrected chi connectivity index (χ2v) is 5.76. The Morgan fingerprint density at radius 1 is 0.737 bits per heavy atom. The molecule has 0 fully saturated rings. The molecule has 0 amide bonds. The van der Waals surface area contributed by atoms with Crippen molar-refractivity contribution in [1.82, 2.24) is 9.80 Å². The zero-order valence-electron chi connectivity index (χ0n) is 13.4. The highest BCUT2D eigenvalue weighted by molar-refractivity contribution is 4.96. The molecule has 0 bridgehead atoms. The van der Waals surface area contributed by atoms with E-state index in [2.05, 4.69) is 43.0 Å². The van der Waals surface area contributed by atoms with Gasteiger partial charge in [0, 0.05) is 25.5 Å². The first-order valence-electron chi connectivity index (χ1n) is 8.53. The van der Waals surface area contributed by atoms with Crippen LogP contribution in [0.25, 0.3) is 0 Å². The average Bonchev–Trinajstić information content (AvgIpc) is 2.81. The largest absolute Gasteiger partial charge is 0.356 e. The number of unbranched alkanes of at least 4 members (excludes halogenated alkanes) is 6. The molecular weight excluding hydrogens is 232 g/mol. The van der Waals surface area contributed by atoms with E-state index in [4.69, 9.17) is 0 Å². The molecule has 0 saturated carbocycles. The van der Waals surface area contributed by atoms with E-state index >= 15 is 0 Å². The van der Waals surface area contributed by atoms with Gasteiger partial charge in [-0.3, -0.25) is 0 Å². The second-order valence-electron chi connectivity index (χ2n) is 5.76. The molecule has 1 rings (SSSR count). The minimum atomic E-state index is 0.642. The zero-order chi connectivity index (χ0) is 13.9. The van der Waals surface area contributed by atoms with E-state index in [0.717, 1.165) is 6.54 Å². The number of rotatable bonds is 11. The van der Waals surface area contributed by atoms with Crippen LogP contribution in [0.3, 0.4) is 0 Å². The summed E-state index contributed by atoms with van der Waals surface area (Å²) in [5.41, 5.74) is 0. The Morgan fingerprint density at radius 2 is 1.37 bits per heavy atom. The molecule has 1 aliphatic rings. The summed E-state index contributed by atoms with van der Waals surface area (Å²) in [5, 5.41) is 0. The standard InChI is InChI=1S/C17H34N2/c1-4-7-9-10-11-13-17-18(6-3)15-16-19(17)14-12-8-5-2/h15-17H,4-14H2,1-3H3. The van der Waals surface area contributed by atoms with Crippen LogP contribution in [0.2, 0.25) is 0 Å². The van der Waals surface area contributed by atoms with Gasteiger partial charge >= 0.3 is 0 Å². The van der Waals surface area contributed by atoms with Gasteiger partial charge in [0.05, 0.1) is 0 Å². The molecule has 0 saturated heterocycles. The molecule has 19 heavy (non-hydrogen) atoms. The summed E-state index contributed by atoms with van der Waals surface area (Å²) in [7, 11) is 0. The fraction of sp³-hybridized carbons (Fsp3) is 0.882. The summed E-state index contributed by atoms with van der Waals surface area (Å²) in [6.45, 7) is 9.21. The quantitative estimate of drug-likeness (QED) is 0.487. The van der Waals surface area contributed by atoms with E-state index in [-0.39, 0.29) is 0 Å². The fourth-order valence-corrected chi connectivity index (χ4v) is 2.91. The van der Waals surface area contributed by atoms with Crippen molar-refractivity contribution in [3.8, 4) is 0 Å². The van der Waals surface area contributed by atoms with E-state index < -0.39 is 0 Å². The number of hydrogen-bond donors (Lipinski definition) is 0. The monoisotopic (exact) mass is 266 g/mol. The van der Waals surface area contributed by atoms with E-state index in [9.17, 15) is 0 Å². The van der Waals surface area contributed by atoms with Gasteiger partial charge in [0.15, 0.2) is 0 Å². The highest BCUT2D eigenvalue weighted by Crippen LogP contribution is 2.22. The van der Waals surface area contributed by atoms with Crippen molar-refractivity contribution in [2.75, 3.05) is 13.1 Å². The van der Waals surface area contributed by atoms with Gasteiger partial charge in [-0.05, 0) is 26.2 Å². The third-order valence-corrected chi connectivity index (χ3v) is 4.17. The predicted octanol–water partition coefficient (Wildman–Crippen LogP) is 4.97. The maximum absolute atomic E-state index is 2.57. The first kappa shape index (κ1) is 16.4. The predicted molar refractivity (Wildman–Crippen MR) is 84.9 cm³/mol. The Balaban J connectivity index is 2.27. The molecule has 2 nitrogen and oxygen atoms in total. The molecule has 1 unspecified atom stereocenters. The summed E-state index contributed by atoms with van der Waals surface area (Å²) in [4.78, 5) is 5.07. The Labute approximate surface area is 120 Å². The van der Waals surface area contributed by atoms with Crippen molar-refractivity contribution >= 4 is 0 Å². The third kappa shape index (κ3) is 5.88. The van der Waals surface area contributed by atoms with Crippen LogP contribution in [0.1, 0.15) is 78.6 Å². The van der Waals surface area contributed by atoms with Crippen LogP contribution in [0.5, 0.6) is 0 Å². The molecule has 0 aromatic heterocycles. The summed E-state index contributed by atoms with van der Waals surface area (Å²) in [5.74, 6) is 0. The second kappa shape index (κ2) is 10.2. The van der Waals surface area contributed by atoms with Crippen molar-refractivity contribution in [3.05, 3.63) is 12.4 Å². The van der Waals surface area contributed by atoms with E-state index in [1.165, 1.54) is 64.3 Å². The lowest BCUT2D eigenvalue weighted by Gasteiger charge is -2.32. The maximum atomic E-state index is 2.57. The molecule has 112 valence electrons. The van der Waals surface area contributed by atoms with Crippen LogP contribution >= 0.6 is 0 Å². The summed E-state index contributed by atoms with van der Waals surface area (Å²) in [6.07, 6.45) is 17.5. The lowest BCUT2D eigenvalue weighted by Crippen LogP contribution is -2.38. The van der Waals surface area contributed by atoms with Gasteiger partial charge in [0.25, 0.3) is 0 Å². The molecule has 0 aliphatic carbocycles. The normalized spacial score (nSPS) is 18.6. The van der Waals surface area contributed by atoms with Crippen LogP contribution in [-0.2, 0) is 0 Å². The molecule has 0 radical (unpaired) electrons. The molecule has 0 aromatic rings. The Hall–Kier alpha value is -0.660. The minimum Gasteiger partial charge on any atom is -0.356 e. The molecule has 0 N–H and O–H groups in total. The Kier molecular flexibility index (Phi) is 8.77. The fourth-order valence-electron chi connectivity index (χ4n) is 2.91. The maximum Gasteiger partial charge on any atom is 0.101 e. The average molecular weight is 266 g/mol. The van der Waals surface area contributed by atoms with E-state index in [1.54, 1.807) is 0 Å². The van der Waals surface area contributed by atoms with E-state index in [0.29, 0.717) is 6.17 Å². The lowest BCUT2D eigenvalue weighted by molar-refractivity contribution is 0.142. The summed E-state index contributed by atoms with van der Waals surface area (Å²) < 4.78 is 0. The molecule has 1 atom stereocenters. The molecule has 2 heteroatoms. The van der Waals surface area contributed by atoms with Crippen LogP contribution in [0.15, 0.2) is 12.4 Å². The summed E-state index contributed by atoms with van der Waals surface area (Å²) in [6, 6.07) is 0. The van der Waals surface area contributed by atoms with Gasteiger partial charge in [-0.1, -0.05) is 52.4 Å². The smallest absolute Gasteiger partial charge is 0.101 e. The van der Waals surface area contributed by atoms with Gasteiger partial charge in [-0.2, -0.15) is 0 Å². The van der Waals surface area contributed by atoms with Crippen LogP contribution in [-0.4, -0.2) is 29.1 Å². The third-order valence-electron chi connectivity index (χ3n) is 4.17. The lowest BCUT2D eigenvalue weighted by atomic mass is 10.1. The van der Waals surface area contributed by atoms with Crippen molar-refractivity contribution in [2.24, 2.45) is 0 Å². The van der Waals surface area contributed by atoms with Gasteiger partial charge < -0.3 is 9.80 Å². The molecule has 0 aromatic carbocycles. The molecule has 0 spiro atoms. The molecular formula is C17H34N2. The Bertz CT molecular complexity index is 237. The van der Waals surface area contributed by atoms with Crippen LogP contribution in [0.4, 0.5) is 0 Å². The van der Waals surface area contributed by atoms with Gasteiger partial charge in [0.1, 0.15) is 6.17 Å². The summed E-state index contributed by atoms with van der Waals surface area (Å²) >= 11 is 0. The highest BCUT2D eigenvalue weighted by atomic mass is 15.4. The van der Waals surface area contributed by atoms with Crippen molar-refractivity contribution in [1.29, 1.82) is 0 Å². The van der Waals surface area contributed by atoms with Crippen molar-refractivity contribution in [2.45, 2.75) is 84.7 Å². The number of nitrogens with zero attached hydrogens (tertiary/aromatic N) is 2. The topological polar surface area (TPSA) is 6.48 Å². The zero-order valence-corrected chi connectivity index (χ0v) is 13.4. The Morgan fingerprint density at radius 3 is 2.05 bits per heavy atom. The highest BCUT2D eigenvalue weighted by Gasteiger charge is 2.23. The van der Waals surface area contributed by atoms with Crippen molar-refractivity contribution < 1.29 is 0 Å². The minimum absolute atomic E-state index is 0.642. The van der Waals surface area contributed by atoms with Gasteiger partial charge in [-0.15, -0.1) is 0 Å². The van der Waals surface area contributed by atoms with E-state index in [1.807, 2.05) is 0 Å². The first-order chi connectivity index (χ1) is 9.33. The van der Waals surface area contributed by atoms with Crippen molar-refractivity contribution in [3.63, 3.8) is 0 Å². The van der Waals surface area contributed by atoms with Crippen LogP contribution in [0, 0.1) is 0 Å². The van der Waals surface area contributed by atoms with Crippen LogP contribution < -0.4 is 0 Å². The van der Waals surface area contributed by atoms with Gasteiger partial charge in [-0.25, -0.2) is 0 Å². The molecule has 1 heterocycles.